The zero-order chi connectivity index (χ0) is 24.3. The maximum absolute atomic E-state index is 13.7. The van der Waals surface area contributed by atoms with Crippen LogP contribution in [0.4, 0.5) is 10.1 Å². The van der Waals surface area contributed by atoms with Crippen molar-refractivity contribution >= 4 is 38.3 Å². The van der Waals surface area contributed by atoms with E-state index in [1.54, 1.807) is 18.2 Å². The number of amides is 2. The van der Waals surface area contributed by atoms with Gasteiger partial charge in [0.2, 0.25) is 0 Å². The Morgan fingerprint density at radius 2 is 1.44 bits per heavy atom. The van der Waals surface area contributed by atoms with Crippen molar-refractivity contribution in [2.75, 3.05) is 4.72 Å². The van der Waals surface area contributed by atoms with E-state index in [4.69, 9.17) is 0 Å². The van der Waals surface area contributed by atoms with Crippen LogP contribution in [0.1, 0.15) is 20.8 Å². The van der Waals surface area contributed by atoms with Crippen LogP contribution in [0, 0.1) is 5.82 Å². The third kappa shape index (κ3) is 4.61. The standard InChI is InChI=1S/C22H16FN5O5S/c23-17-7-3-4-8-18(17)28-34(32,33)14-11-9-13(10-12-14)20(29)25-27-22(31)19-15-5-1-2-6-16(15)21(30)26-24-19/h1-12,28H,(H,25,29)(H,26,30)(H,27,31). The number of aromatic nitrogens is 2. The van der Waals surface area contributed by atoms with E-state index in [1.165, 1.54) is 36.4 Å². The van der Waals surface area contributed by atoms with E-state index >= 15 is 0 Å². The Kier molecular flexibility index (Phi) is 6.06. The summed E-state index contributed by atoms with van der Waals surface area (Å²) in [4.78, 5) is 36.5. The van der Waals surface area contributed by atoms with Gasteiger partial charge in [-0.1, -0.05) is 30.3 Å². The van der Waals surface area contributed by atoms with Crippen LogP contribution in [0.25, 0.3) is 10.8 Å². The number of aromatic amines is 1. The van der Waals surface area contributed by atoms with E-state index < -0.39 is 33.2 Å². The molecule has 0 unspecified atom stereocenters. The van der Waals surface area contributed by atoms with Crippen LogP contribution in [0.2, 0.25) is 0 Å². The Labute approximate surface area is 191 Å². The van der Waals surface area contributed by atoms with E-state index in [0.29, 0.717) is 5.39 Å². The molecule has 3 aromatic carbocycles. The predicted molar refractivity (Wildman–Crippen MR) is 121 cm³/mol. The molecule has 1 heterocycles. The van der Waals surface area contributed by atoms with Gasteiger partial charge in [-0.3, -0.25) is 30.0 Å². The van der Waals surface area contributed by atoms with Crippen molar-refractivity contribution in [2.24, 2.45) is 0 Å². The monoisotopic (exact) mass is 481 g/mol. The Morgan fingerprint density at radius 3 is 2.15 bits per heavy atom. The summed E-state index contributed by atoms with van der Waals surface area (Å²) >= 11 is 0. The number of benzene rings is 3. The molecule has 0 saturated carbocycles. The molecule has 0 saturated heterocycles. The number of nitrogens with one attached hydrogen (secondary N) is 4. The van der Waals surface area contributed by atoms with Gasteiger partial charge >= 0.3 is 0 Å². The van der Waals surface area contributed by atoms with Crippen LogP contribution >= 0.6 is 0 Å². The van der Waals surface area contributed by atoms with Crippen molar-refractivity contribution in [2.45, 2.75) is 4.90 Å². The molecule has 0 spiro atoms. The minimum absolute atomic E-state index is 0.0458. The van der Waals surface area contributed by atoms with Crippen LogP contribution in [0.3, 0.4) is 0 Å². The van der Waals surface area contributed by atoms with E-state index in [9.17, 15) is 27.2 Å². The molecule has 0 atom stereocenters. The highest BCUT2D eigenvalue weighted by molar-refractivity contribution is 7.92. The lowest BCUT2D eigenvalue weighted by molar-refractivity contribution is 0.0844. The van der Waals surface area contributed by atoms with Crippen LogP contribution in [-0.4, -0.2) is 30.4 Å². The van der Waals surface area contributed by atoms with Gasteiger partial charge in [-0.05, 0) is 42.5 Å². The second-order valence-corrected chi connectivity index (χ2v) is 8.65. The molecule has 0 bridgehead atoms. The Morgan fingerprint density at radius 1 is 0.824 bits per heavy atom. The van der Waals surface area contributed by atoms with Gasteiger partial charge in [-0.2, -0.15) is 5.10 Å². The molecular weight excluding hydrogens is 465 g/mol. The first-order chi connectivity index (χ1) is 16.3. The molecule has 2 amide bonds. The third-order valence-electron chi connectivity index (χ3n) is 4.75. The van der Waals surface area contributed by atoms with E-state index in [2.05, 4.69) is 25.8 Å². The van der Waals surface area contributed by atoms with Gasteiger partial charge in [-0.25, -0.2) is 17.9 Å². The lowest BCUT2D eigenvalue weighted by Crippen LogP contribution is -2.42. The average Bonchev–Trinajstić information content (AvgIpc) is 2.84. The fourth-order valence-corrected chi connectivity index (χ4v) is 4.13. The number of fused-ring (bicyclic) bond motifs is 1. The number of rotatable bonds is 5. The summed E-state index contributed by atoms with van der Waals surface area (Å²) in [5, 5.41) is 6.51. The molecular formula is C22H16FN5O5S. The number of halogens is 1. The van der Waals surface area contributed by atoms with Gasteiger partial charge in [0, 0.05) is 10.9 Å². The number of anilines is 1. The average molecular weight is 481 g/mol. The summed E-state index contributed by atoms with van der Waals surface area (Å²) in [6, 6.07) is 16.4. The number of carbonyl (C=O) groups is 2. The number of carbonyl (C=O) groups excluding carboxylic acids is 2. The minimum Gasteiger partial charge on any atom is -0.277 e. The summed E-state index contributed by atoms with van der Waals surface area (Å²) in [6.07, 6.45) is 0. The lowest BCUT2D eigenvalue weighted by Gasteiger charge is -2.10. The predicted octanol–water partition coefficient (Wildman–Crippen LogP) is 1.94. The molecule has 12 heteroatoms. The molecule has 0 aliphatic heterocycles. The van der Waals surface area contributed by atoms with Crippen molar-refractivity contribution in [1.82, 2.24) is 21.0 Å². The quantitative estimate of drug-likeness (QED) is 0.320. The van der Waals surface area contributed by atoms with Crippen molar-refractivity contribution in [1.29, 1.82) is 0 Å². The zero-order valence-corrected chi connectivity index (χ0v) is 18.0. The zero-order valence-electron chi connectivity index (χ0n) is 17.2. The highest BCUT2D eigenvalue weighted by Crippen LogP contribution is 2.19. The Bertz CT molecular complexity index is 1570. The minimum atomic E-state index is -4.09. The topological polar surface area (TPSA) is 150 Å². The van der Waals surface area contributed by atoms with Crippen molar-refractivity contribution in [3.8, 4) is 0 Å². The largest absolute Gasteiger partial charge is 0.290 e. The molecule has 4 N–H and O–H groups in total. The van der Waals surface area contributed by atoms with Crippen molar-refractivity contribution in [3.63, 3.8) is 0 Å². The molecule has 0 radical (unpaired) electrons. The summed E-state index contributed by atoms with van der Waals surface area (Å²) in [6.45, 7) is 0. The summed E-state index contributed by atoms with van der Waals surface area (Å²) < 4.78 is 40.8. The summed E-state index contributed by atoms with van der Waals surface area (Å²) in [5.74, 6) is -2.23. The van der Waals surface area contributed by atoms with Gasteiger partial charge in [-0.15, -0.1) is 0 Å². The molecule has 1 aromatic heterocycles. The van der Waals surface area contributed by atoms with Gasteiger partial charge in [0.1, 0.15) is 5.82 Å². The number of hydrazine groups is 1. The first kappa shape index (κ1) is 22.6. The number of H-pyrrole nitrogens is 1. The molecule has 0 fully saturated rings. The molecule has 0 aliphatic carbocycles. The Hall–Kier alpha value is -4.58. The Balaban J connectivity index is 1.44. The van der Waals surface area contributed by atoms with Gasteiger partial charge in [0.05, 0.1) is 16.0 Å². The maximum atomic E-state index is 13.7. The van der Waals surface area contributed by atoms with E-state index in [0.717, 1.165) is 18.2 Å². The van der Waals surface area contributed by atoms with Gasteiger partial charge in [0.15, 0.2) is 5.69 Å². The lowest BCUT2D eigenvalue weighted by atomic mass is 10.1. The number of nitrogens with zero attached hydrogens (tertiary/aromatic N) is 1. The van der Waals surface area contributed by atoms with Crippen molar-refractivity contribution < 1.29 is 22.4 Å². The number of hydrogen-bond acceptors (Lipinski definition) is 6. The second-order valence-electron chi connectivity index (χ2n) is 6.96. The highest BCUT2D eigenvalue weighted by atomic mass is 32.2. The van der Waals surface area contributed by atoms with E-state index in [1.807, 2.05) is 0 Å². The fraction of sp³-hybridized carbons (Fsp3) is 0. The van der Waals surface area contributed by atoms with Crippen LogP contribution in [0.5, 0.6) is 0 Å². The van der Waals surface area contributed by atoms with Crippen molar-refractivity contribution in [3.05, 3.63) is 100 Å². The smallest absolute Gasteiger partial charge is 0.277 e. The van der Waals surface area contributed by atoms with Crippen LogP contribution in [0.15, 0.2) is 82.5 Å². The first-order valence-electron chi connectivity index (χ1n) is 9.72. The van der Waals surface area contributed by atoms with Gasteiger partial charge in [0.25, 0.3) is 27.4 Å². The maximum Gasteiger partial charge on any atom is 0.290 e. The number of para-hydroxylation sites is 1. The normalized spacial score (nSPS) is 11.1. The van der Waals surface area contributed by atoms with Crippen LogP contribution in [-0.2, 0) is 10.0 Å². The number of sulfonamides is 1. The molecule has 4 aromatic rings. The van der Waals surface area contributed by atoms with Gasteiger partial charge < -0.3 is 0 Å². The number of hydrogen-bond donors (Lipinski definition) is 4. The first-order valence-corrected chi connectivity index (χ1v) is 11.2. The molecule has 10 nitrogen and oxygen atoms in total. The highest BCUT2D eigenvalue weighted by Gasteiger charge is 2.18. The molecule has 34 heavy (non-hydrogen) atoms. The van der Waals surface area contributed by atoms with E-state index in [-0.39, 0.29) is 27.2 Å². The summed E-state index contributed by atoms with van der Waals surface area (Å²) in [5.41, 5.74) is 3.66. The van der Waals surface area contributed by atoms with Crippen LogP contribution < -0.4 is 21.1 Å². The fourth-order valence-electron chi connectivity index (χ4n) is 3.07. The molecule has 172 valence electrons. The molecule has 0 aliphatic rings. The molecule has 4 rings (SSSR count). The second kappa shape index (κ2) is 9.11. The SMILES string of the molecule is O=C(NNC(=O)c1n[nH]c(=O)c2ccccc12)c1ccc(S(=O)(=O)Nc2ccccc2F)cc1. The summed E-state index contributed by atoms with van der Waals surface area (Å²) in [7, 11) is -4.09. The third-order valence-corrected chi connectivity index (χ3v) is 6.13.